The molecule has 0 unspecified atom stereocenters. The third-order valence-electron chi connectivity index (χ3n) is 4.84. The summed E-state index contributed by atoms with van der Waals surface area (Å²) in [6.45, 7) is 11.0. The molecule has 1 aliphatic rings. The molecule has 148 valence electrons. The van der Waals surface area contributed by atoms with Crippen LogP contribution in [0, 0.1) is 0 Å². The number of carbonyl (C=O) groups excluding carboxylic acids is 1. The highest BCUT2D eigenvalue weighted by atomic mass is 16.5. The number of nitrogens with zero attached hydrogens (tertiary/aromatic N) is 2. The van der Waals surface area contributed by atoms with E-state index in [1.54, 1.807) is 12.1 Å². The van der Waals surface area contributed by atoms with Crippen LogP contribution in [0.5, 0.6) is 5.75 Å². The molecule has 1 fully saturated rings. The Bertz CT molecular complexity index is 809. The number of nitrogens with one attached hydrogen (secondary N) is 1. The van der Waals surface area contributed by atoms with Crippen molar-refractivity contribution in [2.75, 3.05) is 44.7 Å². The summed E-state index contributed by atoms with van der Waals surface area (Å²) in [5, 5.41) is 2.98. The summed E-state index contributed by atoms with van der Waals surface area (Å²) in [6, 6.07) is 15.7. The molecule has 0 aromatic heterocycles. The van der Waals surface area contributed by atoms with Gasteiger partial charge in [0, 0.05) is 44.0 Å². The third-order valence-corrected chi connectivity index (χ3v) is 4.84. The number of piperazine rings is 1. The van der Waals surface area contributed by atoms with Crippen molar-refractivity contribution >= 4 is 11.6 Å². The lowest BCUT2D eigenvalue weighted by Crippen LogP contribution is -2.44. The standard InChI is InChI=1S/C23H29N3O2/c1-18(2)17-28-22-6-4-5-20(15-22)23(27)24-16-19-7-9-21(10-8-19)26-13-11-25(3)12-14-26/h4-10,15H,1,11-14,16-17H2,2-3H3,(H,24,27). The molecule has 0 bridgehead atoms. The average Bonchev–Trinajstić information content (AvgIpc) is 2.72. The van der Waals surface area contributed by atoms with E-state index in [0.29, 0.717) is 24.5 Å². The molecule has 28 heavy (non-hydrogen) atoms. The van der Waals surface area contributed by atoms with Crippen LogP contribution in [-0.4, -0.2) is 50.6 Å². The van der Waals surface area contributed by atoms with Crippen LogP contribution in [0.3, 0.4) is 0 Å². The van der Waals surface area contributed by atoms with Crippen LogP contribution in [0.2, 0.25) is 0 Å². The van der Waals surface area contributed by atoms with Gasteiger partial charge in [-0.05, 0) is 55.4 Å². The highest BCUT2D eigenvalue weighted by Gasteiger charge is 2.14. The van der Waals surface area contributed by atoms with Gasteiger partial charge in [0.1, 0.15) is 12.4 Å². The first kappa shape index (κ1) is 20.0. The van der Waals surface area contributed by atoms with Crippen molar-refractivity contribution in [3.8, 4) is 5.75 Å². The minimum absolute atomic E-state index is 0.107. The molecule has 0 atom stereocenters. The Morgan fingerprint density at radius 2 is 1.82 bits per heavy atom. The van der Waals surface area contributed by atoms with Gasteiger partial charge in [-0.1, -0.05) is 24.8 Å². The first-order valence-electron chi connectivity index (χ1n) is 9.69. The van der Waals surface area contributed by atoms with E-state index in [0.717, 1.165) is 37.3 Å². The van der Waals surface area contributed by atoms with Gasteiger partial charge in [0.2, 0.25) is 0 Å². The van der Waals surface area contributed by atoms with Crippen LogP contribution in [0.4, 0.5) is 5.69 Å². The smallest absolute Gasteiger partial charge is 0.251 e. The van der Waals surface area contributed by atoms with E-state index < -0.39 is 0 Å². The summed E-state index contributed by atoms with van der Waals surface area (Å²) in [5.74, 6) is 0.566. The molecular weight excluding hydrogens is 350 g/mol. The maximum absolute atomic E-state index is 12.5. The van der Waals surface area contributed by atoms with Crippen molar-refractivity contribution in [1.29, 1.82) is 0 Å². The maximum Gasteiger partial charge on any atom is 0.251 e. The molecule has 1 amide bonds. The number of benzene rings is 2. The van der Waals surface area contributed by atoms with E-state index in [1.807, 2.05) is 19.1 Å². The van der Waals surface area contributed by atoms with Crippen molar-refractivity contribution in [1.82, 2.24) is 10.2 Å². The van der Waals surface area contributed by atoms with Crippen LogP contribution in [0.25, 0.3) is 0 Å². The Morgan fingerprint density at radius 3 is 2.50 bits per heavy atom. The van der Waals surface area contributed by atoms with E-state index in [9.17, 15) is 4.79 Å². The van der Waals surface area contributed by atoms with Crippen LogP contribution in [0.1, 0.15) is 22.8 Å². The van der Waals surface area contributed by atoms with E-state index in [4.69, 9.17) is 4.74 Å². The van der Waals surface area contributed by atoms with Crippen LogP contribution < -0.4 is 15.0 Å². The molecule has 3 rings (SSSR count). The van der Waals surface area contributed by atoms with Crippen LogP contribution in [0.15, 0.2) is 60.7 Å². The van der Waals surface area contributed by atoms with Crippen LogP contribution >= 0.6 is 0 Å². The highest BCUT2D eigenvalue weighted by molar-refractivity contribution is 5.94. The van der Waals surface area contributed by atoms with Gasteiger partial charge >= 0.3 is 0 Å². The van der Waals surface area contributed by atoms with Crippen molar-refractivity contribution in [2.24, 2.45) is 0 Å². The summed E-state index contributed by atoms with van der Waals surface area (Å²) in [5.41, 5.74) is 3.86. The zero-order valence-electron chi connectivity index (χ0n) is 16.8. The van der Waals surface area contributed by atoms with Crippen LogP contribution in [-0.2, 0) is 6.54 Å². The molecule has 0 aliphatic carbocycles. The summed E-state index contributed by atoms with van der Waals surface area (Å²) in [6.07, 6.45) is 0. The molecule has 1 N–H and O–H groups in total. The Morgan fingerprint density at radius 1 is 1.11 bits per heavy atom. The van der Waals surface area contributed by atoms with Crippen molar-refractivity contribution in [3.05, 3.63) is 71.8 Å². The van der Waals surface area contributed by atoms with Gasteiger partial charge in [0.05, 0.1) is 0 Å². The van der Waals surface area contributed by atoms with Gasteiger partial charge < -0.3 is 19.9 Å². The Kier molecular flexibility index (Phi) is 6.71. The van der Waals surface area contributed by atoms with Gasteiger partial charge in [-0.25, -0.2) is 0 Å². The monoisotopic (exact) mass is 379 g/mol. The van der Waals surface area contributed by atoms with Gasteiger partial charge in [0.25, 0.3) is 5.91 Å². The quantitative estimate of drug-likeness (QED) is 0.750. The molecule has 5 heteroatoms. The fourth-order valence-electron chi connectivity index (χ4n) is 3.11. The lowest BCUT2D eigenvalue weighted by Gasteiger charge is -2.34. The highest BCUT2D eigenvalue weighted by Crippen LogP contribution is 2.18. The maximum atomic E-state index is 12.5. The zero-order valence-corrected chi connectivity index (χ0v) is 16.8. The van der Waals surface area contributed by atoms with Crippen molar-refractivity contribution < 1.29 is 9.53 Å². The van der Waals surface area contributed by atoms with Crippen molar-refractivity contribution in [2.45, 2.75) is 13.5 Å². The fourth-order valence-corrected chi connectivity index (χ4v) is 3.11. The minimum Gasteiger partial charge on any atom is -0.489 e. The number of carbonyl (C=O) groups is 1. The topological polar surface area (TPSA) is 44.8 Å². The molecule has 2 aromatic carbocycles. The number of likely N-dealkylation sites (N-methyl/N-ethyl adjacent to an activating group) is 1. The van der Waals surface area contributed by atoms with Gasteiger partial charge in [-0.15, -0.1) is 0 Å². The second-order valence-electron chi connectivity index (χ2n) is 7.41. The first-order valence-corrected chi connectivity index (χ1v) is 9.69. The largest absolute Gasteiger partial charge is 0.489 e. The Labute approximate surface area is 167 Å². The first-order chi connectivity index (χ1) is 13.5. The summed E-state index contributed by atoms with van der Waals surface area (Å²) < 4.78 is 5.61. The number of anilines is 1. The average molecular weight is 380 g/mol. The lowest BCUT2D eigenvalue weighted by atomic mass is 10.1. The van der Waals surface area contributed by atoms with E-state index in [1.165, 1.54) is 5.69 Å². The normalized spacial score (nSPS) is 14.6. The van der Waals surface area contributed by atoms with E-state index in [2.05, 4.69) is 53.0 Å². The molecule has 0 spiro atoms. The second kappa shape index (κ2) is 9.42. The summed E-state index contributed by atoms with van der Waals surface area (Å²) >= 11 is 0. The van der Waals surface area contributed by atoms with Crippen molar-refractivity contribution in [3.63, 3.8) is 0 Å². The molecule has 5 nitrogen and oxygen atoms in total. The number of hydrogen-bond donors (Lipinski definition) is 1. The molecule has 0 radical (unpaired) electrons. The lowest BCUT2D eigenvalue weighted by molar-refractivity contribution is 0.0950. The summed E-state index contributed by atoms with van der Waals surface area (Å²) in [4.78, 5) is 17.2. The zero-order chi connectivity index (χ0) is 19.9. The fraction of sp³-hybridized carbons (Fsp3) is 0.348. The van der Waals surface area contributed by atoms with Gasteiger partial charge in [-0.2, -0.15) is 0 Å². The Balaban J connectivity index is 1.53. The van der Waals surface area contributed by atoms with Gasteiger partial charge in [-0.3, -0.25) is 4.79 Å². The van der Waals surface area contributed by atoms with E-state index in [-0.39, 0.29) is 5.91 Å². The number of ether oxygens (including phenoxy) is 1. The molecule has 1 aliphatic heterocycles. The Hall–Kier alpha value is -2.79. The van der Waals surface area contributed by atoms with E-state index >= 15 is 0 Å². The SMILES string of the molecule is C=C(C)COc1cccc(C(=O)NCc2ccc(N3CCN(C)CC3)cc2)c1. The molecule has 0 saturated carbocycles. The molecule has 1 saturated heterocycles. The predicted octanol–water partition coefficient (Wildman–Crippen LogP) is 3.32. The molecule has 2 aromatic rings. The predicted molar refractivity (Wildman–Crippen MR) is 114 cm³/mol. The minimum atomic E-state index is -0.107. The van der Waals surface area contributed by atoms with Gasteiger partial charge in [0.15, 0.2) is 0 Å². The number of rotatable bonds is 7. The number of hydrogen-bond acceptors (Lipinski definition) is 4. The third kappa shape index (κ3) is 5.60. The molecule has 1 heterocycles. The summed E-state index contributed by atoms with van der Waals surface area (Å²) in [7, 11) is 2.16. The molecular formula is C23H29N3O2. The number of amides is 1. The second-order valence-corrected chi connectivity index (χ2v) is 7.41.